The summed E-state index contributed by atoms with van der Waals surface area (Å²) >= 11 is 11.7. The summed E-state index contributed by atoms with van der Waals surface area (Å²) in [5.74, 6) is -2.15. The van der Waals surface area contributed by atoms with Gasteiger partial charge in [0.2, 0.25) is 10.0 Å². The molecule has 3 aromatic carbocycles. The van der Waals surface area contributed by atoms with Crippen molar-refractivity contribution in [3.63, 3.8) is 0 Å². The number of carbonyl (C=O) groups excluding carboxylic acids is 1. The number of nitrogens with one attached hydrogen (secondary N) is 2. The second-order valence-electron chi connectivity index (χ2n) is 6.18. The highest BCUT2D eigenvalue weighted by Crippen LogP contribution is 2.25. The molecule has 0 saturated carbocycles. The van der Waals surface area contributed by atoms with Crippen molar-refractivity contribution >= 4 is 44.8 Å². The SMILES string of the molecule is O=C(Nc1ccc(Cl)c(Cl)c1)c1ccc(F)c(S(=O)(=O)NCc2ccc(F)cc2)c1. The Morgan fingerprint density at radius 2 is 1.60 bits per heavy atom. The van der Waals surface area contributed by atoms with Crippen molar-refractivity contribution in [2.45, 2.75) is 11.4 Å². The fourth-order valence-corrected chi connectivity index (χ4v) is 3.90. The number of amides is 1. The Hall–Kier alpha value is -2.52. The minimum Gasteiger partial charge on any atom is -0.322 e. The average Bonchev–Trinajstić information content (AvgIpc) is 2.70. The number of halogens is 4. The molecule has 0 aromatic heterocycles. The largest absolute Gasteiger partial charge is 0.322 e. The Morgan fingerprint density at radius 1 is 0.900 bits per heavy atom. The van der Waals surface area contributed by atoms with E-state index in [4.69, 9.17) is 23.2 Å². The normalized spacial score (nSPS) is 11.3. The molecule has 30 heavy (non-hydrogen) atoms. The summed E-state index contributed by atoms with van der Waals surface area (Å²) in [5, 5.41) is 3.06. The van der Waals surface area contributed by atoms with Crippen LogP contribution in [0.4, 0.5) is 14.5 Å². The van der Waals surface area contributed by atoms with Gasteiger partial charge in [0.15, 0.2) is 0 Å². The Balaban J connectivity index is 1.80. The van der Waals surface area contributed by atoms with Gasteiger partial charge in [-0.2, -0.15) is 0 Å². The van der Waals surface area contributed by atoms with Gasteiger partial charge in [0.1, 0.15) is 16.5 Å². The first-order valence-corrected chi connectivity index (χ1v) is 10.7. The standard InChI is InChI=1S/C20H14Cl2F2N2O3S/c21-16-7-6-15(10-17(16)22)26-20(27)13-3-8-18(24)19(9-13)30(28,29)25-11-12-1-4-14(23)5-2-12/h1-10,25H,11H2,(H,26,27). The molecular weight excluding hydrogens is 457 g/mol. The lowest BCUT2D eigenvalue weighted by Gasteiger charge is -2.11. The van der Waals surface area contributed by atoms with Gasteiger partial charge in [0.05, 0.1) is 10.0 Å². The average molecular weight is 471 g/mol. The molecule has 0 atom stereocenters. The van der Waals surface area contributed by atoms with Crippen LogP contribution in [0.2, 0.25) is 10.0 Å². The lowest BCUT2D eigenvalue weighted by Crippen LogP contribution is -2.25. The van der Waals surface area contributed by atoms with Crippen LogP contribution in [0, 0.1) is 11.6 Å². The first-order valence-electron chi connectivity index (χ1n) is 8.46. The van der Waals surface area contributed by atoms with Crippen LogP contribution in [0.25, 0.3) is 0 Å². The van der Waals surface area contributed by atoms with E-state index < -0.39 is 32.5 Å². The predicted molar refractivity (Wildman–Crippen MR) is 111 cm³/mol. The maximum atomic E-state index is 14.2. The van der Waals surface area contributed by atoms with E-state index in [0.29, 0.717) is 16.3 Å². The molecule has 0 aliphatic rings. The molecule has 3 aromatic rings. The van der Waals surface area contributed by atoms with Gasteiger partial charge in [-0.05, 0) is 54.1 Å². The van der Waals surface area contributed by atoms with E-state index in [2.05, 4.69) is 10.0 Å². The summed E-state index contributed by atoms with van der Waals surface area (Å²) in [5.41, 5.74) is 0.732. The van der Waals surface area contributed by atoms with E-state index in [1.165, 1.54) is 42.5 Å². The third kappa shape index (κ3) is 5.34. The molecule has 0 heterocycles. The summed E-state index contributed by atoms with van der Waals surface area (Å²) < 4.78 is 54.4. The van der Waals surface area contributed by atoms with Gasteiger partial charge in [-0.1, -0.05) is 35.3 Å². The summed E-state index contributed by atoms with van der Waals surface area (Å²) in [6.45, 7) is -0.179. The lowest BCUT2D eigenvalue weighted by molar-refractivity contribution is 0.102. The molecule has 0 fully saturated rings. The van der Waals surface area contributed by atoms with Crippen LogP contribution in [0.1, 0.15) is 15.9 Å². The Labute approximate surface area is 181 Å². The van der Waals surface area contributed by atoms with Crippen molar-refractivity contribution in [3.05, 3.63) is 93.5 Å². The van der Waals surface area contributed by atoms with E-state index in [-0.39, 0.29) is 17.1 Å². The first-order chi connectivity index (χ1) is 14.2. The van der Waals surface area contributed by atoms with E-state index in [0.717, 1.165) is 18.2 Å². The van der Waals surface area contributed by atoms with Crippen molar-refractivity contribution < 1.29 is 22.0 Å². The number of hydrogen-bond donors (Lipinski definition) is 2. The van der Waals surface area contributed by atoms with Gasteiger partial charge in [-0.25, -0.2) is 21.9 Å². The summed E-state index contributed by atoms with van der Waals surface area (Å²) in [6.07, 6.45) is 0. The zero-order chi connectivity index (χ0) is 21.9. The number of hydrogen-bond acceptors (Lipinski definition) is 3. The molecule has 156 valence electrons. The van der Waals surface area contributed by atoms with Crippen LogP contribution < -0.4 is 10.0 Å². The summed E-state index contributed by atoms with van der Waals surface area (Å²) in [4.78, 5) is 11.8. The number of anilines is 1. The predicted octanol–water partition coefficient (Wildman–Crippen LogP) is 5.00. The second-order valence-corrected chi connectivity index (χ2v) is 8.73. The number of benzene rings is 3. The van der Waals surface area contributed by atoms with Crippen LogP contribution >= 0.6 is 23.2 Å². The highest BCUT2D eigenvalue weighted by Gasteiger charge is 2.21. The van der Waals surface area contributed by atoms with Crippen molar-refractivity contribution in [1.82, 2.24) is 4.72 Å². The zero-order valence-electron chi connectivity index (χ0n) is 15.1. The number of carbonyl (C=O) groups is 1. The molecule has 0 unspecified atom stereocenters. The number of rotatable bonds is 6. The minimum absolute atomic E-state index is 0.0790. The topological polar surface area (TPSA) is 75.3 Å². The summed E-state index contributed by atoms with van der Waals surface area (Å²) in [7, 11) is -4.28. The highest BCUT2D eigenvalue weighted by atomic mass is 35.5. The van der Waals surface area contributed by atoms with Crippen LogP contribution in [0.5, 0.6) is 0 Å². The Kier molecular flexibility index (Phi) is 6.72. The maximum absolute atomic E-state index is 14.2. The van der Waals surface area contributed by atoms with Crippen LogP contribution in [-0.2, 0) is 16.6 Å². The molecule has 0 bridgehead atoms. The Bertz CT molecular complexity index is 1200. The van der Waals surface area contributed by atoms with E-state index >= 15 is 0 Å². The molecule has 5 nitrogen and oxygen atoms in total. The van der Waals surface area contributed by atoms with Gasteiger partial charge in [0.25, 0.3) is 5.91 Å². The molecule has 0 aliphatic carbocycles. The van der Waals surface area contributed by atoms with Gasteiger partial charge < -0.3 is 5.32 Å². The molecule has 10 heteroatoms. The Morgan fingerprint density at radius 3 is 2.27 bits per heavy atom. The monoisotopic (exact) mass is 470 g/mol. The lowest BCUT2D eigenvalue weighted by atomic mass is 10.2. The van der Waals surface area contributed by atoms with E-state index in [1.54, 1.807) is 0 Å². The molecule has 3 rings (SSSR count). The van der Waals surface area contributed by atoms with Gasteiger partial charge in [-0.15, -0.1) is 0 Å². The van der Waals surface area contributed by atoms with Crippen molar-refractivity contribution in [3.8, 4) is 0 Å². The van der Waals surface area contributed by atoms with Crippen molar-refractivity contribution in [1.29, 1.82) is 0 Å². The maximum Gasteiger partial charge on any atom is 0.255 e. The molecule has 0 aliphatic heterocycles. The van der Waals surface area contributed by atoms with Gasteiger partial charge in [0, 0.05) is 17.8 Å². The molecule has 2 N–H and O–H groups in total. The quantitative estimate of drug-likeness (QED) is 0.531. The molecule has 1 amide bonds. The third-order valence-corrected chi connectivity index (χ3v) is 6.20. The van der Waals surface area contributed by atoms with Crippen molar-refractivity contribution in [2.24, 2.45) is 0 Å². The van der Waals surface area contributed by atoms with Crippen LogP contribution in [0.15, 0.2) is 65.6 Å². The second kappa shape index (κ2) is 9.09. The third-order valence-electron chi connectivity index (χ3n) is 4.04. The minimum atomic E-state index is -4.28. The van der Waals surface area contributed by atoms with Crippen molar-refractivity contribution in [2.75, 3.05) is 5.32 Å². The molecule has 0 spiro atoms. The van der Waals surface area contributed by atoms with Gasteiger partial charge in [-0.3, -0.25) is 4.79 Å². The van der Waals surface area contributed by atoms with Crippen LogP contribution in [-0.4, -0.2) is 14.3 Å². The highest BCUT2D eigenvalue weighted by molar-refractivity contribution is 7.89. The molecule has 0 saturated heterocycles. The van der Waals surface area contributed by atoms with E-state index in [9.17, 15) is 22.0 Å². The van der Waals surface area contributed by atoms with Crippen LogP contribution in [0.3, 0.4) is 0 Å². The zero-order valence-corrected chi connectivity index (χ0v) is 17.5. The smallest absolute Gasteiger partial charge is 0.255 e. The first kappa shape index (κ1) is 22.2. The fourth-order valence-electron chi connectivity index (χ4n) is 2.49. The molecular formula is C20H14Cl2F2N2O3S. The molecule has 0 radical (unpaired) electrons. The number of sulfonamides is 1. The van der Waals surface area contributed by atoms with E-state index in [1.807, 2.05) is 0 Å². The van der Waals surface area contributed by atoms with Gasteiger partial charge >= 0.3 is 0 Å². The summed E-state index contributed by atoms with van der Waals surface area (Å²) in [6, 6.07) is 12.5. The fraction of sp³-hybridized carbons (Fsp3) is 0.0500.